The van der Waals surface area contributed by atoms with Crippen molar-refractivity contribution >= 4 is 27.4 Å². The lowest BCUT2D eigenvalue weighted by Gasteiger charge is -2.12. The molecule has 1 amide bonds. The zero-order valence-electron chi connectivity index (χ0n) is 10.8. The van der Waals surface area contributed by atoms with E-state index in [9.17, 15) is 18.0 Å². The number of carbonyl (C=O) groups is 2. The van der Waals surface area contributed by atoms with Gasteiger partial charge in [0.05, 0.1) is 5.56 Å². The summed E-state index contributed by atoms with van der Waals surface area (Å²) in [5, 5.41) is 10.1. The molecule has 0 saturated carbocycles. The van der Waals surface area contributed by atoms with Gasteiger partial charge in [-0.25, -0.2) is 13.2 Å². The van der Waals surface area contributed by atoms with Gasteiger partial charge in [-0.05, 0) is 31.5 Å². The first-order valence-electron chi connectivity index (χ1n) is 5.46. The van der Waals surface area contributed by atoms with E-state index in [2.05, 4.69) is 5.32 Å². The number of sulfone groups is 1. The van der Waals surface area contributed by atoms with Crippen molar-refractivity contribution in [3.63, 3.8) is 0 Å². The van der Waals surface area contributed by atoms with Crippen molar-refractivity contribution in [2.45, 2.75) is 19.1 Å². The van der Waals surface area contributed by atoms with Crippen LogP contribution in [0.1, 0.15) is 22.8 Å². The standard InChI is InChI=1S/C12H15NO5S/c1-7-4-5-9(12(15)16)6-10(7)13-11(14)8(2)19(3,17)18/h4-6,8H,1-3H3,(H,13,14)(H,15,16). The van der Waals surface area contributed by atoms with Crippen LogP contribution in [0.3, 0.4) is 0 Å². The molecule has 0 aliphatic rings. The molecule has 1 aromatic carbocycles. The maximum atomic E-state index is 11.8. The van der Waals surface area contributed by atoms with Crippen LogP contribution < -0.4 is 5.32 Å². The van der Waals surface area contributed by atoms with Crippen molar-refractivity contribution in [2.75, 3.05) is 11.6 Å². The fourth-order valence-electron chi connectivity index (χ4n) is 1.32. The van der Waals surface area contributed by atoms with Gasteiger partial charge in [-0.1, -0.05) is 6.07 Å². The lowest BCUT2D eigenvalue weighted by atomic mass is 10.1. The molecule has 2 N–H and O–H groups in total. The number of anilines is 1. The van der Waals surface area contributed by atoms with E-state index in [4.69, 9.17) is 5.11 Å². The number of aryl methyl sites for hydroxylation is 1. The maximum absolute atomic E-state index is 11.8. The number of carboxylic acids is 1. The van der Waals surface area contributed by atoms with Crippen molar-refractivity contribution in [1.82, 2.24) is 0 Å². The molecule has 19 heavy (non-hydrogen) atoms. The summed E-state index contributed by atoms with van der Waals surface area (Å²) in [6.45, 7) is 2.97. The monoisotopic (exact) mass is 285 g/mol. The Morgan fingerprint density at radius 2 is 1.89 bits per heavy atom. The number of aromatic carboxylic acids is 1. The van der Waals surface area contributed by atoms with Gasteiger partial charge < -0.3 is 10.4 Å². The number of carboxylic acid groups (broad SMARTS) is 1. The van der Waals surface area contributed by atoms with Gasteiger partial charge in [0.2, 0.25) is 5.91 Å². The molecule has 0 fully saturated rings. The molecular weight excluding hydrogens is 270 g/mol. The third kappa shape index (κ3) is 3.78. The van der Waals surface area contributed by atoms with Crippen LogP contribution in [-0.4, -0.2) is 36.9 Å². The summed E-state index contributed by atoms with van der Waals surface area (Å²) in [4.78, 5) is 22.6. The minimum absolute atomic E-state index is 0.0212. The number of benzene rings is 1. The van der Waals surface area contributed by atoms with Gasteiger partial charge >= 0.3 is 5.97 Å². The zero-order valence-corrected chi connectivity index (χ0v) is 11.6. The van der Waals surface area contributed by atoms with Gasteiger partial charge in [0.1, 0.15) is 5.25 Å². The van der Waals surface area contributed by atoms with E-state index in [1.54, 1.807) is 13.0 Å². The van der Waals surface area contributed by atoms with Crippen LogP contribution in [0.4, 0.5) is 5.69 Å². The Morgan fingerprint density at radius 3 is 2.37 bits per heavy atom. The molecule has 0 saturated heterocycles. The topological polar surface area (TPSA) is 101 Å². The summed E-state index contributed by atoms with van der Waals surface area (Å²) in [7, 11) is -3.49. The Hall–Kier alpha value is -1.89. The fourth-order valence-corrected chi connectivity index (χ4v) is 1.77. The zero-order chi connectivity index (χ0) is 14.8. The number of hydrogen-bond donors (Lipinski definition) is 2. The van der Waals surface area contributed by atoms with Crippen molar-refractivity contribution < 1.29 is 23.1 Å². The molecule has 0 bridgehead atoms. The second-order valence-corrected chi connectivity index (χ2v) is 6.66. The summed E-state index contributed by atoms with van der Waals surface area (Å²) in [5.74, 6) is -1.81. The predicted octanol–water partition coefficient (Wildman–Crippen LogP) is 1.06. The van der Waals surface area contributed by atoms with Gasteiger partial charge in [-0.3, -0.25) is 4.79 Å². The summed E-state index contributed by atoms with van der Waals surface area (Å²) >= 11 is 0. The van der Waals surface area contributed by atoms with Crippen molar-refractivity contribution in [1.29, 1.82) is 0 Å². The van der Waals surface area contributed by atoms with E-state index in [-0.39, 0.29) is 5.56 Å². The van der Waals surface area contributed by atoms with E-state index in [1.807, 2.05) is 0 Å². The van der Waals surface area contributed by atoms with Crippen molar-refractivity contribution in [2.24, 2.45) is 0 Å². The average Bonchev–Trinajstić information content (AvgIpc) is 2.29. The van der Waals surface area contributed by atoms with Gasteiger partial charge in [-0.15, -0.1) is 0 Å². The highest BCUT2D eigenvalue weighted by Crippen LogP contribution is 2.18. The Kier molecular flexibility index (Phi) is 4.31. The Bertz CT molecular complexity index is 621. The number of nitrogens with one attached hydrogen (secondary N) is 1. The van der Waals surface area contributed by atoms with Crippen LogP contribution in [0.2, 0.25) is 0 Å². The SMILES string of the molecule is Cc1ccc(C(=O)O)cc1NC(=O)C(C)S(C)(=O)=O. The van der Waals surface area contributed by atoms with E-state index < -0.39 is 27.0 Å². The molecule has 104 valence electrons. The second-order valence-electron chi connectivity index (χ2n) is 4.30. The average molecular weight is 285 g/mol. The van der Waals surface area contributed by atoms with Crippen LogP contribution >= 0.6 is 0 Å². The number of carbonyl (C=O) groups excluding carboxylic acids is 1. The second kappa shape index (κ2) is 5.40. The molecular formula is C12H15NO5S. The van der Waals surface area contributed by atoms with Crippen LogP contribution in [0.5, 0.6) is 0 Å². The molecule has 1 aromatic rings. The number of amides is 1. The maximum Gasteiger partial charge on any atom is 0.335 e. The van der Waals surface area contributed by atoms with Gasteiger partial charge in [0.15, 0.2) is 9.84 Å². The minimum Gasteiger partial charge on any atom is -0.478 e. The highest BCUT2D eigenvalue weighted by molar-refractivity contribution is 7.92. The summed E-state index contributed by atoms with van der Waals surface area (Å²) < 4.78 is 22.5. The highest BCUT2D eigenvalue weighted by Gasteiger charge is 2.24. The van der Waals surface area contributed by atoms with E-state index in [0.717, 1.165) is 6.26 Å². The number of rotatable bonds is 4. The Morgan fingerprint density at radius 1 is 1.32 bits per heavy atom. The van der Waals surface area contributed by atoms with Crippen LogP contribution in [0.15, 0.2) is 18.2 Å². The van der Waals surface area contributed by atoms with E-state index in [1.165, 1.54) is 19.1 Å². The first kappa shape index (κ1) is 15.2. The Labute approximate surface area is 111 Å². The Balaban J connectivity index is 3.03. The molecule has 1 unspecified atom stereocenters. The van der Waals surface area contributed by atoms with Gasteiger partial charge in [0.25, 0.3) is 0 Å². The minimum atomic E-state index is -3.49. The van der Waals surface area contributed by atoms with E-state index in [0.29, 0.717) is 11.3 Å². The lowest BCUT2D eigenvalue weighted by molar-refractivity contribution is -0.115. The van der Waals surface area contributed by atoms with Crippen LogP contribution in [0, 0.1) is 6.92 Å². The molecule has 0 radical (unpaired) electrons. The van der Waals surface area contributed by atoms with E-state index >= 15 is 0 Å². The molecule has 0 aliphatic heterocycles. The molecule has 0 aromatic heterocycles. The third-order valence-corrected chi connectivity index (χ3v) is 4.25. The molecule has 0 aliphatic carbocycles. The fraction of sp³-hybridized carbons (Fsp3) is 0.333. The highest BCUT2D eigenvalue weighted by atomic mass is 32.2. The first-order valence-corrected chi connectivity index (χ1v) is 7.42. The summed E-state index contributed by atoms with van der Waals surface area (Å²) in [6, 6.07) is 4.25. The molecule has 0 spiro atoms. The largest absolute Gasteiger partial charge is 0.478 e. The quantitative estimate of drug-likeness (QED) is 0.861. The normalized spacial score (nSPS) is 12.8. The van der Waals surface area contributed by atoms with Crippen LogP contribution in [0.25, 0.3) is 0 Å². The van der Waals surface area contributed by atoms with Gasteiger partial charge in [-0.2, -0.15) is 0 Å². The smallest absolute Gasteiger partial charge is 0.335 e. The molecule has 7 heteroatoms. The predicted molar refractivity (Wildman–Crippen MR) is 71.1 cm³/mol. The van der Waals surface area contributed by atoms with Crippen molar-refractivity contribution in [3.05, 3.63) is 29.3 Å². The third-order valence-electron chi connectivity index (χ3n) is 2.75. The number of hydrogen-bond acceptors (Lipinski definition) is 4. The summed E-state index contributed by atoms with van der Waals surface area (Å²) in [6.07, 6.45) is 0.970. The lowest BCUT2D eigenvalue weighted by Crippen LogP contribution is -2.32. The molecule has 1 rings (SSSR count). The first-order chi connectivity index (χ1) is 8.62. The molecule has 6 nitrogen and oxygen atoms in total. The van der Waals surface area contributed by atoms with Crippen LogP contribution in [-0.2, 0) is 14.6 Å². The summed E-state index contributed by atoms with van der Waals surface area (Å²) in [5.41, 5.74) is 0.965. The van der Waals surface area contributed by atoms with Crippen molar-refractivity contribution in [3.8, 4) is 0 Å². The molecule has 0 heterocycles. The van der Waals surface area contributed by atoms with Gasteiger partial charge in [0, 0.05) is 11.9 Å². The molecule has 1 atom stereocenters.